The summed E-state index contributed by atoms with van der Waals surface area (Å²) in [5, 5.41) is 38.2. The normalized spacial score (nSPS) is 25.1. The molecule has 0 aliphatic carbocycles. The van der Waals surface area contributed by atoms with Gasteiger partial charge in [0.15, 0.2) is 11.6 Å². The quantitative estimate of drug-likeness (QED) is 0.105. The van der Waals surface area contributed by atoms with Crippen LogP contribution in [0.5, 0.6) is 0 Å². The van der Waals surface area contributed by atoms with E-state index in [4.69, 9.17) is 5.73 Å². The number of aliphatic hydroxyl groups is 2. The lowest BCUT2D eigenvalue weighted by molar-refractivity contribution is -0.147. The fourth-order valence-electron chi connectivity index (χ4n) is 12.4. The summed E-state index contributed by atoms with van der Waals surface area (Å²) in [6, 6.07) is 18.2. The van der Waals surface area contributed by atoms with Crippen molar-refractivity contribution in [3.8, 4) is 0 Å². The standard InChI is InChI=1S/C69H85FN10O13/c1-40-63(88)77-55-31-46-7-5-8-47(29-46)37-74-61(86)24-22-58(79(4)66(91)48(33-59(55)84)32-49-38-73-54-21-18-50(70)34-53(49)54)60(85)35-52(41(2)82)64(89)78-56(30-44-13-15-45(39-81)16-14-44)67(92)80-28-6-26-69(80,3)68(93)72-27-25-43-11-9-42(10-12-43)17-19-51(83)20-23-62(87)76-57(36-71)65(90)75-40/h5,7-16,18,21,29,34,38,40-41,48,52,55-58,73,81-82H,6,17,19-20,22-28,30-33,35-37,39,71H2,1-4H3,(H,72,93)(H,74,86)(H,75,90)(H,76,87)(H,77,88)(H,78,89)/t40-,41-,48-,52+,55+,56+,57+,58+,69+/m1/s1. The van der Waals surface area contributed by atoms with Crippen molar-refractivity contribution in [3.05, 3.63) is 142 Å². The molecule has 4 aromatic carbocycles. The van der Waals surface area contributed by atoms with E-state index in [1.165, 1.54) is 44.0 Å². The zero-order chi connectivity index (χ0) is 67.1. The summed E-state index contributed by atoms with van der Waals surface area (Å²) < 4.78 is 14.9. The first kappa shape index (κ1) is 69.9. The molecule has 1 aromatic heterocycles. The maximum atomic E-state index is 15.4. The Bertz CT molecular complexity index is 3580. The Morgan fingerprint density at radius 3 is 2.09 bits per heavy atom. The van der Waals surface area contributed by atoms with Gasteiger partial charge in [-0.15, -0.1) is 0 Å². The molecule has 1 fully saturated rings. The number of aromatic amines is 1. The highest BCUT2D eigenvalue weighted by atomic mass is 19.1. The van der Waals surface area contributed by atoms with Gasteiger partial charge in [0.25, 0.3) is 0 Å². The topological polar surface area (TPSA) is 349 Å². The second kappa shape index (κ2) is 32.0. The highest BCUT2D eigenvalue weighted by Crippen LogP contribution is 2.32. The number of ketones is 3. The van der Waals surface area contributed by atoms with E-state index >= 15 is 19.2 Å². The van der Waals surface area contributed by atoms with E-state index in [-0.39, 0.29) is 96.4 Å². The fraction of sp³-hybridized carbons (Fsp3) is 0.464. The lowest BCUT2D eigenvalue weighted by Gasteiger charge is -2.37. The molecule has 9 rings (SSSR count). The Morgan fingerprint density at radius 1 is 0.677 bits per heavy atom. The Morgan fingerprint density at radius 2 is 1.38 bits per heavy atom. The fourth-order valence-corrected chi connectivity index (χ4v) is 12.4. The van der Waals surface area contributed by atoms with Gasteiger partial charge in [-0.3, -0.25) is 52.7 Å². The number of aliphatic hydroxyl groups excluding tert-OH is 2. The Hall–Kier alpha value is -9.00. The number of nitrogens with zero attached hydrogens (tertiary/aromatic N) is 2. The molecule has 496 valence electrons. The van der Waals surface area contributed by atoms with Gasteiger partial charge in [-0.2, -0.15) is 0 Å². The number of likely N-dealkylation sites (N-methyl/N-ethyl adjacent to an activating group) is 1. The number of hydrogen-bond donors (Lipinski definition) is 10. The zero-order valence-corrected chi connectivity index (χ0v) is 53.0. The first-order valence-electron chi connectivity index (χ1n) is 31.8. The highest BCUT2D eigenvalue weighted by Gasteiger charge is 2.48. The van der Waals surface area contributed by atoms with Crippen LogP contribution in [0.2, 0.25) is 0 Å². The van der Waals surface area contributed by atoms with E-state index in [2.05, 4.69) is 36.9 Å². The van der Waals surface area contributed by atoms with Gasteiger partial charge in [0.05, 0.1) is 30.7 Å². The van der Waals surface area contributed by atoms with E-state index in [1.54, 1.807) is 61.7 Å². The van der Waals surface area contributed by atoms with Gasteiger partial charge >= 0.3 is 0 Å². The summed E-state index contributed by atoms with van der Waals surface area (Å²) in [4.78, 5) is 163. The van der Waals surface area contributed by atoms with E-state index in [0.29, 0.717) is 58.0 Å². The minimum absolute atomic E-state index is 0.0118. The van der Waals surface area contributed by atoms with Crippen molar-refractivity contribution < 1.29 is 67.3 Å². The van der Waals surface area contributed by atoms with E-state index < -0.39 is 131 Å². The van der Waals surface area contributed by atoms with Crippen molar-refractivity contribution in [1.82, 2.24) is 46.7 Å². The number of carbonyl (C=O) groups excluding carboxylic acids is 11. The van der Waals surface area contributed by atoms with Crippen LogP contribution in [0.4, 0.5) is 4.39 Å². The van der Waals surface area contributed by atoms with Crippen LogP contribution in [0.15, 0.2) is 97.2 Å². The molecule has 5 aromatic rings. The van der Waals surface area contributed by atoms with Crippen LogP contribution < -0.4 is 37.6 Å². The van der Waals surface area contributed by atoms with Gasteiger partial charge in [0.1, 0.15) is 35.3 Å². The maximum Gasteiger partial charge on any atom is 0.246 e. The van der Waals surface area contributed by atoms with Crippen molar-refractivity contribution in [2.45, 2.75) is 166 Å². The molecule has 9 atom stereocenters. The number of rotatable bonds is 7. The largest absolute Gasteiger partial charge is 0.393 e. The number of hydrogen-bond acceptors (Lipinski definition) is 14. The number of benzene rings is 4. The third kappa shape index (κ3) is 18.4. The molecule has 6 bridgehead atoms. The van der Waals surface area contributed by atoms with Crippen LogP contribution in [-0.2, 0) is 98.0 Å². The van der Waals surface area contributed by atoms with Crippen LogP contribution in [0.1, 0.15) is 118 Å². The number of halogens is 1. The SMILES string of the molecule is C[C@H]1NC(=O)[C@H](CN)NC(=O)CCC(=O)CCc2ccc(cc2)CCNC(=O)[C@]2(C)CCCN2C(=O)[C@H](Cc2ccc(CO)cc2)NC(=O)[C@H]([C@@H](C)O)CC(=O)[C@@H]2CCC(=O)NCc3cccc(c3)C[C@H](NC1=O)C(=O)C[C@@H](Cc1c[nH]c3ccc(F)cc13)C(=O)N2C. The number of carbonyl (C=O) groups is 11. The molecule has 11 N–H and O–H groups in total. The van der Waals surface area contributed by atoms with E-state index in [0.717, 1.165) is 16.0 Å². The van der Waals surface area contributed by atoms with Crippen LogP contribution in [0.3, 0.4) is 0 Å². The first-order valence-corrected chi connectivity index (χ1v) is 31.8. The molecule has 0 saturated carbocycles. The summed E-state index contributed by atoms with van der Waals surface area (Å²) in [6.45, 7) is 4.01. The van der Waals surface area contributed by atoms with Gasteiger partial charge in [0, 0.05) is 101 Å². The monoisotopic (exact) mass is 1280 g/mol. The number of fused-ring (bicyclic) bond motifs is 26. The lowest BCUT2D eigenvalue weighted by Crippen LogP contribution is -2.60. The summed E-state index contributed by atoms with van der Waals surface area (Å²) in [6.07, 6.45) is -1.09. The summed E-state index contributed by atoms with van der Waals surface area (Å²) >= 11 is 0. The van der Waals surface area contributed by atoms with Crippen LogP contribution in [0.25, 0.3) is 10.9 Å². The number of nitrogens with two attached hydrogens (primary N) is 1. The number of aryl methyl sites for hydroxylation is 1. The molecule has 0 spiro atoms. The van der Waals surface area contributed by atoms with Gasteiger partial charge in [-0.05, 0) is 123 Å². The van der Waals surface area contributed by atoms with Gasteiger partial charge in [0.2, 0.25) is 47.3 Å². The molecule has 4 aliphatic rings. The van der Waals surface area contributed by atoms with E-state index in [1.807, 2.05) is 24.3 Å². The average molecular weight is 1280 g/mol. The van der Waals surface area contributed by atoms with Crippen molar-refractivity contribution in [1.29, 1.82) is 0 Å². The van der Waals surface area contributed by atoms with Crippen molar-refractivity contribution >= 4 is 75.5 Å². The number of nitrogens with one attached hydrogen (secondary N) is 7. The van der Waals surface area contributed by atoms with Crippen molar-refractivity contribution in [2.24, 2.45) is 17.6 Å². The molecular weight excluding hydrogens is 1200 g/mol. The smallest absolute Gasteiger partial charge is 0.246 e. The van der Waals surface area contributed by atoms with Crippen molar-refractivity contribution in [3.63, 3.8) is 0 Å². The second-order valence-corrected chi connectivity index (χ2v) is 25.0. The molecule has 23 nitrogen and oxygen atoms in total. The van der Waals surface area contributed by atoms with Crippen molar-refractivity contribution in [2.75, 3.05) is 26.7 Å². The Labute approximate surface area is 539 Å². The summed E-state index contributed by atoms with van der Waals surface area (Å²) in [7, 11) is 1.32. The van der Waals surface area contributed by atoms with Crippen LogP contribution in [0, 0.1) is 17.7 Å². The first-order chi connectivity index (χ1) is 44.4. The number of Topliss-reactive ketones (excluding diaryl/α,β-unsaturated/α-hetero) is 3. The van der Waals surface area contributed by atoms with Crippen LogP contribution >= 0.6 is 0 Å². The maximum absolute atomic E-state index is 15.4. The molecule has 0 radical (unpaired) electrons. The molecule has 4 aliphatic heterocycles. The predicted octanol–water partition coefficient (Wildman–Crippen LogP) is 2.55. The summed E-state index contributed by atoms with van der Waals surface area (Å²) in [5.74, 6) is -10.6. The molecule has 24 heteroatoms. The third-order valence-electron chi connectivity index (χ3n) is 18.1. The van der Waals surface area contributed by atoms with Gasteiger partial charge < -0.3 is 62.6 Å². The molecule has 93 heavy (non-hydrogen) atoms. The minimum Gasteiger partial charge on any atom is -0.393 e. The molecule has 0 unspecified atom stereocenters. The zero-order valence-electron chi connectivity index (χ0n) is 53.0. The minimum atomic E-state index is -1.56. The third-order valence-corrected chi connectivity index (χ3v) is 18.1. The highest BCUT2D eigenvalue weighted by molar-refractivity contribution is 5.99. The predicted molar refractivity (Wildman–Crippen MR) is 341 cm³/mol. The molecular formula is C69H85FN10O13. The molecule has 5 heterocycles. The van der Waals surface area contributed by atoms with Gasteiger partial charge in [-0.1, -0.05) is 72.8 Å². The van der Waals surface area contributed by atoms with Crippen LogP contribution in [-0.4, -0.2) is 158 Å². The Kier molecular flexibility index (Phi) is 24.1. The number of H-pyrrole nitrogens is 1. The van der Waals surface area contributed by atoms with Gasteiger partial charge in [-0.25, -0.2) is 4.39 Å². The summed E-state index contributed by atoms with van der Waals surface area (Å²) in [5.41, 5.74) is 9.55. The number of aromatic nitrogens is 1. The second-order valence-electron chi connectivity index (χ2n) is 25.0. The van der Waals surface area contributed by atoms with E-state index in [9.17, 15) is 48.2 Å². The Balaban J connectivity index is 1.15. The molecule has 8 amide bonds. The molecule has 1 saturated heterocycles. The lowest BCUT2D eigenvalue weighted by atomic mass is 9.87. The average Bonchev–Trinajstić information content (AvgIpc) is 1.72. The number of amides is 8.